The SMILES string of the molecule is Cc1csc(P(O)(O)(O)c2cc(C)cs2)c1. The molecule has 3 nitrogen and oxygen atoms in total. The topological polar surface area (TPSA) is 60.7 Å². The van der Waals surface area contributed by atoms with Crippen molar-refractivity contribution in [2.24, 2.45) is 0 Å². The molecule has 0 fully saturated rings. The number of thiophene rings is 2. The van der Waals surface area contributed by atoms with E-state index in [-0.39, 0.29) is 9.24 Å². The molecule has 0 aliphatic heterocycles. The van der Waals surface area contributed by atoms with Crippen LogP contribution >= 0.6 is 30.0 Å². The van der Waals surface area contributed by atoms with Crippen LogP contribution in [0.3, 0.4) is 0 Å². The molecule has 2 aromatic rings. The van der Waals surface area contributed by atoms with Gasteiger partial charge in [-0.2, -0.15) is 0 Å². The first kappa shape index (κ1) is 12.2. The summed E-state index contributed by atoms with van der Waals surface area (Å²) < 4.78 is 0.482. The van der Waals surface area contributed by atoms with Crippen molar-refractivity contribution in [2.75, 3.05) is 0 Å². The molecule has 2 aromatic heterocycles. The minimum absolute atomic E-state index is 0.241. The summed E-state index contributed by atoms with van der Waals surface area (Å²) in [5, 5.41) is 3.58. The quantitative estimate of drug-likeness (QED) is 0.731. The maximum absolute atomic E-state index is 10.2. The third-order valence-electron chi connectivity index (χ3n) is 2.25. The summed E-state index contributed by atoms with van der Waals surface area (Å²) >= 11 is 2.35. The van der Waals surface area contributed by atoms with E-state index in [1.807, 2.05) is 13.8 Å². The molecule has 6 heteroatoms. The van der Waals surface area contributed by atoms with Gasteiger partial charge in [0, 0.05) is 0 Å². The molecular formula is C10H13O3PS2. The third kappa shape index (κ3) is 1.95. The Hall–Kier alpha value is -0.290. The van der Waals surface area contributed by atoms with Crippen LogP contribution in [-0.4, -0.2) is 14.7 Å². The van der Waals surface area contributed by atoms with Crippen molar-refractivity contribution in [2.45, 2.75) is 13.8 Å². The number of rotatable bonds is 2. The molecule has 3 N–H and O–H groups in total. The van der Waals surface area contributed by atoms with Crippen LogP contribution in [0.5, 0.6) is 0 Å². The molecule has 0 spiro atoms. The molecule has 2 rings (SSSR count). The molecule has 0 unspecified atom stereocenters. The molecule has 0 amide bonds. The van der Waals surface area contributed by atoms with E-state index in [4.69, 9.17) is 0 Å². The van der Waals surface area contributed by atoms with E-state index in [1.54, 1.807) is 22.9 Å². The van der Waals surface area contributed by atoms with Crippen molar-refractivity contribution in [3.05, 3.63) is 34.0 Å². The van der Waals surface area contributed by atoms with Gasteiger partial charge in [0.25, 0.3) is 0 Å². The van der Waals surface area contributed by atoms with Crippen molar-refractivity contribution >= 4 is 39.2 Å². The molecule has 0 bridgehead atoms. The fourth-order valence-electron chi connectivity index (χ4n) is 1.37. The maximum atomic E-state index is 10.2. The van der Waals surface area contributed by atoms with Gasteiger partial charge in [0.15, 0.2) is 0 Å². The summed E-state index contributed by atoms with van der Waals surface area (Å²) in [7, 11) is -4.85. The number of hydrogen-bond donors (Lipinski definition) is 3. The van der Waals surface area contributed by atoms with Crippen molar-refractivity contribution in [3.8, 4) is 0 Å². The number of hydrogen-bond acceptors (Lipinski definition) is 5. The van der Waals surface area contributed by atoms with Crippen molar-refractivity contribution < 1.29 is 14.7 Å². The molecule has 0 atom stereocenters. The monoisotopic (exact) mass is 276 g/mol. The fourth-order valence-corrected chi connectivity index (χ4v) is 6.36. The van der Waals surface area contributed by atoms with E-state index < -0.39 is 7.28 Å². The molecule has 0 aliphatic carbocycles. The van der Waals surface area contributed by atoms with Crippen LogP contribution in [0.4, 0.5) is 0 Å². The standard InChI is InChI=1S/C10H13O3PS2/c1-7-3-9(15-5-7)14(11,12,13)10-4-8(2)6-16-10/h3-6,11-13H,1-2H3. The van der Waals surface area contributed by atoms with Crippen molar-refractivity contribution in [1.29, 1.82) is 0 Å². The van der Waals surface area contributed by atoms with Gasteiger partial charge in [0.1, 0.15) is 0 Å². The van der Waals surface area contributed by atoms with E-state index in [1.165, 1.54) is 22.7 Å². The predicted molar refractivity (Wildman–Crippen MR) is 71.0 cm³/mol. The first-order chi connectivity index (χ1) is 7.28. The zero-order valence-electron chi connectivity index (χ0n) is 8.91. The Kier molecular flexibility index (Phi) is 2.74. The van der Waals surface area contributed by atoms with E-state index in [0.717, 1.165) is 11.1 Å². The van der Waals surface area contributed by atoms with Gasteiger partial charge in [-0.05, 0) is 0 Å². The van der Waals surface area contributed by atoms with E-state index in [0.29, 0.717) is 0 Å². The van der Waals surface area contributed by atoms with Crippen LogP contribution in [0.15, 0.2) is 22.9 Å². The summed E-state index contributed by atoms with van der Waals surface area (Å²) in [5.41, 5.74) is 1.83. The van der Waals surface area contributed by atoms with Crippen LogP contribution in [0.2, 0.25) is 0 Å². The van der Waals surface area contributed by atoms with Crippen LogP contribution in [-0.2, 0) is 0 Å². The van der Waals surface area contributed by atoms with Gasteiger partial charge in [-0.3, -0.25) is 0 Å². The Morgan fingerprint density at radius 2 is 1.25 bits per heavy atom. The predicted octanol–water partition coefficient (Wildman–Crippen LogP) is 1.65. The molecule has 88 valence electrons. The summed E-state index contributed by atoms with van der Waals surface area (Å²) in [6.45, 7) is 3.71. The van der Waals surface area contributed by atoms with Crippen LogP contribution < -0.4 is 9.24 Å². The van der Waals surface area contributed by atoms with Gasteiger partial charge >= 0.3 is 102 Å². The zero-order chi connectivity index (χ0) is 12.0. The van der Waals surface area contributed by atoms with E-state index in [9.17, 15) is 14.7 Å². The molecule has 0 saturated heterocycles. The molecule has 0 aromatic carbocycles. The van der Waals surface area contributed by atoms with Gasteiger partial charge in [-0.1, -0.05) is 0 Å². The Balaban J connectivity index is 2.57. The van der Waals surface area contributed by atoms with Crippen LogP contribution in [0, 0.1) is 13.8 Å². The van der Waals surface area contributed by atoms with E-state index >= 15 is 0 Å². The normalized spacial score (nSPS) is 14.7. The Morgan fingerprint density at radius 3 is 1.50 bits per heavy atom. The second-order valence-corrected chi connectivity index (χ2v) is 9.26. The molecular weight excluding hydrogens is 263 g/mol. The second-order valence-electron chi connectivity index (χ2n) is 3.90. The molecule has 0 saturated carbocycles. The fraction of sp³-hybridized carbons (Fsp3) is 0.200. The zero-order valence-corrected chi connectivity index (χ0v) is 11.4. The molecule has 2 heterocycles. The summed E-state index contributed by atoms with van der Waals surface area (Å²) in [6.07, 6.45) is 0. The Bertz CT molecular complexity index is 477. The number of aryl methyl sites for hydroxylation is 2. The Labute approximate surface area is 102 Å². The molecule has 0 radical (unpaired) electrons. The minimum atomic E-state index is -4.85. The van der Waals surface area contributed by atoms with Gasteiger partial charge in [-0.25, -0.2) is 0 Å². The average Bonchev–Trinajstić information content (AvgIpc) is 2.73. The second kappa shape index (κ2) is 3.60. The molecule has 16 heavy (non-hydrogen) atoms. The van der Waals surface area contributed by atoms with Crippen molar-refractivity contribution in [3.63, 3.8) is 0 Å². The van der Waals surface area contributed by atoms with Crippen LogP contribution in [0.25, 0.3) is 0 Å². The first-order valence-corrected chi connectivity index (χ1v) is 8.51. The first-order valence-electron chi connectivity index (χ1n) is 4.66. The summed E-state index contributed by atoms with van der Waals surface area (Å²) in [6, 6.07) is 3.25. The molecule has 0 aliphatic rings. The third-order valence-corrected chi connectivity index (χ3v) is 8.47. The van der Waals surface area contributed by atoms with E-state index in [2.05, 4.69) is 0 Å². The average molecular weight is 276 g/mol. The summed E-state index contributed by atoms with van der Waals surface area (Å²) in [5.74, 6) is 0. The van der Waals surface area contributed by atoms with Crippen molar-refractivity contribution in [1.82, 2.24) is 0 Å². The Morgan fingerprint density at radius 1 is 0.875 bits per heavy atom. The van der Waals surface area contributed by atoms with Gasteiger partial charge in [0.2, 0.25) is 0 Å². The summed E-state index contributed by atoms with van der Waals surface area (Å²) in [4.78, 5) is 30.6. The van der Waals surface area contributed by atoms with Gasteiger partial charge in [0.05, 0.1) is 0 Å². The van der Waals surface area contributed by atoms with Gasteiger partial charge in [-0.15, -0.1) is 0 Å². The van der Waals surface area contributed by atoms with Crippen LogP contribution in [0.1, 0.15) is 11.1 Å². The van der Waals surface area contributed by atoms with Gasteiger partial charge < -0.3 is 0 Å².